The van der Waals surface area contributed by atoms with Gasteiger partial charge < -0.3 is 4.74 Å². The topological polar surface area (TPSA) is 29.5 Å². The molecule has 0 unspecified atom stereocenters. The van der Waals surface area contributed by atoms with Gasteiger partial charge in [-0.3, -0.25) is 4.90 Å². The predicted molar refractivity (Wildman–Crippen MR) is 73.6 cm³/mol. The predicted octanol–water partition coefficient (Wildman–Crippen LogP) is 3.28. The zero-order valence-electron chi connectivity index (χ0n) is 10.8. The first-order valence-electron chi connectivity index (χ1n) is 6.71. The molecule has 19 heavy (non-hydrogen) atoms. The van der Waals surface area contributed by atoms with Crippen LogP contribution in [0.5, 0.6) is 0 Å². The molecular weight excluding hydrogens is 238 g/mol. The molecule has 98 valence electrons. The van der Waals surface area contributed by atoms with Gasteiger partial charge in [0.15, 0.2) is 0 Å². The Morgan fingerprint density at radius 1 is 1.21 bits per heavy atom. The van der Waals surface area contributed by atoms with Crippen LogP contribution >= 0.6 is 0 Å². The van der Waals surface area contributed by atoms with Crippen molar-refractivity contribution >= 4 is 6.09 Å². The Labute approximate surface area is 113 Å². The quantitative estimate of drug-likeness (QED) is 0.829. The summed E-state index contributed by atoms with van der Waals surface area (Å²) in [6, 6.07) is 10.3. The van der Waals surface area contributed by atoms with Crippen LogP contribution in [0.15, 0.2) is 54.3 Å². The number of rotatable bonds is 3. The third kappa shape index (κ3) is 2.55. The summed E-state index contributed by atoms with van der Waals surface area (Å²) in [5, 5.41) is 0. The molecule has 0 saturated carbocycles. The number of hydrogen-bond donors (Lipinski definition) is 0. The van der Waals surface area contributed by atoms with Gasteiger partial charge in [-0.15, -0.1) is 0 Å². The van der Waals surface area contributed by atoms with Gasteiger partial charge in [-0.2, -0.15) is 0 Å². The van der Waals surface area contributed by atoms with E-state index in [0.29, 0.717) is 6.61 Å². The van der Waals surface area contributed by atoms with E-state index in [1.165, 1.54) is 5.56 Å². The lowest BCUT2D eigenvalue weighted by Gasteiger charge is -2.23. The van der Waals surface area contributed by atoms with Crippen molar-refractivity contribution in [2.75, 3.05) is 6.61 Å². The second-order valence-electron chi connectivity index (χ2n) is 4.90. The highest BCUT2D eigenvalue weighted by molar-refractivity contribution is 5.73. The minimum Gasteiger partial charge on any atom is -0.447 e. The van der Waals surface area contributed by atoms with Crippen LogP contribution in [0.2, 0.25) is 0 Å². The number of ether oxygens (including phenoxy) is 1. The highest BCUT2D eigenvalue weighted by atomic mass is 16.6. The fourth-order valence-corrected chi connectivity index (χ4v) is 2.59. The van der Waals surface area contributed by atoms with E-state index in [2.05, 4.69) is 24.3 Å². The molecule has 1 heterocycles. The summed E-state index contributed by atoms with van der Waals surface area (Å²) in [5.41, 5.74) is 2.21. The third-order valence-corrected chi connectivity index (χ3v) is 3.53. The molecule has 0 radical (unpaired) electrons. The molecule has 0 N–H and O–H groups in total. The molecule has 1 aromatic carbocycles. The van der Waals surface area contributed by atoms with Crippen molar-refractivity contribution in [3.8, 4) is 0 Å². The lowest BCUT2D eigenvalue weighted by atomic mass is 10.0. The van der Waals surface area contributed by atoms with E-state index in [1.807, 2.05) is 24.3 Å². The summed E-state index contributed by atoms with van der Waals surface area (Å²) in [6.07, 6.45) is 8.90. The highest BCUT2D eigenvalue weighted by Gasteiger charge is 2.34. The Bertz CT molecular complexity index is 519. The number of carbonyl (C=O) groups excluding carboxylic acids is 1. The molecule has 1 saturated heterocycles. The monoisotopic (exact) mass is 255 g/mol. The Morgan fingerprint density at radius 3 is 2.79 bits per heavy atom. The van der Waals surface area contributed by atoms with Gasteiger partial charge in [0.25, 0.3) is 0 Å². The number of amides is 1. The first kappa shape index (κ1) is 12.0. The molecule has 3 heteroatoms. The summed E-state index contributed by atoms with van der Waals surface area (Å²) < 4.78 is 5.22. The van der Waals surface area contributed by atoms with Crippen LogP contribution in [0.3, 0.4) is 0 Å². The van der Waals surface area contributed by atoms with Crippen molar-refractivity contribution in [3.63, 3.8) is 0 Å². The second-order valence-corrected chi connectivity index (χ2v) is 4.90. The Balaban J connectivity index is 1.79. The molecule has 3 nitrogen and oxygen atoms in total. The van der Waals surface area contributed by atoms with Crippen LogP contribution in [0.1, 0.15) is 18.4 Å². The normalized spacial score (nSPS) is 22.3. The van der Waals surface area contributed by atoms with Gasteiger partial charge in [0.05, 0.1) is 6.04 Å². The van der Waals surface area contributed by atoms with Crippen LogP contribution in [0.25, 0.3) is 0 Å². The maximum atomic E-state index is 11.9. The summed E-state index contributed by atoms with van der Waals surface area (Å²) in [5.74, 6) is 0. The van der Waals surface area contributed by atoms with E-state index >= 15 is 0 Å². The molecule has 1 aliphatic carbocycles. The van der Waals surface area contributed by atoms with Crippen LogP contribution < -0.4 is 0 Å². The summed E-state index contributed by atoms with van der Waals surface area (Å²) in [7, 11) is 0. The molecule has 2 aliphatic rings. The number of carbonyl (C=O) groups is 1. The first-order valence-corrected chi connectivity index (χ1v) is 6.71. The molecule has 1 atom stereocenters. The van der Waals surface area contributed by atoms with Crippen molar-refractivity contribution in [2.24, 2.45) is 0 Å². The zero-order chi connectivity index (χ0) is 13.1. The number of benzene rings is 1. The zero-order valence-corrected chi connectivity index (χ0v) is 10.8. The largest absolute Gasteiger partial charge is 0.447 e. The van der Waals surface area contributed by atoms with Crippen molar-refractivity contribution in [3.05, 3.63) is 59.8 Å². The number of hydrogen-bond acceptors (Lipinski definition) is 2. The Morgan fingerprint density at radius 2 is 2.05 bits per heavy atom. The van der Waals surface area contributed by atoms with E-state index in [4.69, 9.17) is 4.74 Å². The van der Waals surface area contributed by atoms with Gasteiger partial charge in [-0.1, -0.05) is 42.5 Å². The Kier molecular flexibility index (Phi) is 3.36. The molecular formula is C16H17NO2. The highest BCUT2D eigenvalue weighted by Crippen LogP contribution is 2.25. The number of nitrogens with zero attached hydrogens (tertiary/aromatic N) is 1. The fraction of sp³-hybridized carbons (Fsp3) is 0.312. The fourth-order valence-electron chi connectivity index (χ4n) is 2.59. The minimum absolute atomic E-state index is 0.101. The first-order chi connectivity index (χ1) is 9.34. The molecule has 1 amide bonds. The van der Waals surface area contributed by atoms with Gasteiger partial charge >= 0.3 is 6.09 Å². The average molecular weight is 255 g/mol. The summed E-state index contributed by atoms with van der Waals surface area (Å²) in [6.45, 7) is 0.471. The third-order valence-electron chi connectivity index (χ3n) is 3.53. The lowest BCUT2D eigenvalue weighted by Crippen LogP contribution is -2.34. The average Bonchev–Trinajstić information content (AvgIpc) is 2.82. The Hall–Kier alpha value is -2.03. The minimum atomic E-state index is -0.223. The molecule has 1 aromatic rings. The molecule has 0 aromatic heterocycles. The van der Waals surface area contributed by atoms with E-state index in [0.717, 1.165) is 25.0 Å². The van der Waals surface area contributed by atoms with E-state index in [1.54, 1.807) is 4.90 Å². The van der Waals surface area contributed by atoms with Gasteiger partial charge in [-0.05, 0) is 30.9 Å². The molecule has 1 aliphatic heterocycles. The SMILES string of the molecule is O=C1OC[C@@H](Cc2ccccc2)N1C1=CCCC=C1. The molecule has 3 rings (SSSR count). The van der Waals surface area contributed by atoms with Gasteiger partial charge in [0, 0.05) is 5.70 Å². The molecule has 0 spiro atoms. The maximum absolute atomic E-state index is 11.9. The van der Waals surface area contributed by atoms with Crippen LogP contribution in [0.4, 0.5) is 4.79 Å². The van der Waals surface area contributed by atoms with Gasteiger partial charge in [0.1, 0.15) is 6.61 Å². The summed E-state index contributed by atoms with van der Waals surface area (Å²) in [4.78, 5) is 13.7. The van der Waals surface area contributed by atoms with Crippen LogP contribution in [0, 0.1) is 0 Å². The van der Waals surface area contributed by atoms with Crippen molar-refractivity contribution < 1.29 is 9.53 Å². The van der Waals surface area contributed by atoms with E-state index < -0.39 is 0 Å². The van der Waals surface area contributed by atoms with Gasteiger partial charge in [-0.25, -0.2) is 4.79 Å². The second kappa shape index (κ2) is 5.31. The summed E-state index contributed by atoms with van der Waals surface area (Å²) >= 11 is 0. The van der Waals surface area contributed by atoms with Crippen LogP contribution in [-0.2, 0) is 11.2 Å². The van der Waals surface area contributed by atoms with E-state index in [9.17, 15) is 4.79 Å². The number of allylic oxidation sites excluding steroid dienone is 3. The van der Waals surface area contributed by atoms with Crippen molar-refractivity contribution in [1.29, 1.82) is 0 Å². The maximum Gasteiger partial charge on any atom is 0.414 e. The van der Waals surface area contributed by atoms with Gasteiger partial charge in [0.2, 0.25) is 0 Å². The smallest absolute Gasteiger partial charge is 0.414 e. The molecule has 1 fully saturated rings. The standard InChI is InChI=1S/C16H17NO2/c18-16-17(14-9-5-2-6-10-14)15(12-19-16)11-13-7-3-1-4-8-13/h1,3-5,7-10,15H,2,6,11-12H2/t15-/m1/s1. The number of cyclic esters (lactones) is 1. The lowest BCUT2D eigenvalue weighted by molar-refractivity contribution is 0.165. The van der Waals surface area contributed by atoms with E-state index in [-0.39, 0.29) is 12.1 Å². The van der Waals surface area contributed by atoms with Crippen molar-refractivity contribution in [1.82, 2.24) is 4.90 Å². The van der Waals surface area contributed by atoms with Crippen LogP contribution in [-0.4, -0.2) is 23.6 Å². The molecule has 0 bridgehead atoms. The van der Waals surface area contributed by atoms with Crippen molar-refractivity contribution in [2.45, 2.75) is 25.3 Å².